The van der Waals surface area contributed by atoms with Crippen LogP contribution in [0.25, 0.3) is 0 Å². The molecule has 2 rings (SSSR count). The van der Waals surface area contributed by atoms with Gasteiger partial charge < -0.3 is 5.73 Å². The fourth-order valence-corrected chi connectivity index (χ4v) is 3.42. The van der Waals surface area contributed by atoms with Crippen molar-refractivity contribution in [1.29, 1.82) is 0 Å². The Morgan fingerprint density at radius 2 is 1.83 bits per heavy atom. The van der Waals surface area contributed by atoms with Crippen molar-refractivity contribution >= 4 is 0 Å². The number of aryl methyl sites for hydroxylation is 3. The Hall–Kier alpha value is -0.820. The van der Waals surface area contributed by atoms with Crippen LogP contribution >= 0.6 is 0 Å². The molecule has 1 nitrogen and oxygen atoms in total. The zero-order valence-electron chi connectivity index (χ0n) is 12.1. The maximum absolute atomic E-state index is 6.10. The van der Waals surface area contributed by atoms with Gasteiger partial charge in [-0.15, -0.1) is 0 Å². The molecule has 2 unspecified atom stereocenters. The molecule has 0 aromatic heterocycles. The summed E-state index contributed by atoms with van der Waals surface area (Å²) >= 11 is 0. The molecule has 0 aliphatic heterocycles. The summed E-state index contributed by atoms with van der Waals surface area (Å²) in [5.41, 5.74) is 12.1. The number of hydrogen-bond donors (Lipinski definition) is 1. The standard InChI is InChI=1S/C17H27N/c1-4-14-8-12(2)17(13(3)9-14)11-15-6-5-7-16(18)10-15/h8-9,15-16H,4-7,10-11,18H2,1-3H3. The third kappa shape index (κ3) is 3.14. The molecule has 0 radical (unpaired) electrons. The molecule has 1 saturated carbocycles. The van der Waals surface area contributed by atoms with Crippen molar-refractivity contribution in [3.8, 4) is 0 Å². The summed E-state index contributed by atoms with van der Waals surface area (Å²) < 4.78 is 0. The third-order valence-electron chi connectivity index (χ3n) is 4.48. The maximum atomic E-state index is 6.10. The summed E-state index contributed by atoms with van der Waals surface area (Å²) in [4.78, 5) is 0. The molecule has 0 amide bonds. The maximum Gasteiger partial charge on any atom is 0.00415 e. The minimum Gasteiger partial charge on any atom is -0.328 e. The Bertz CT molecular complexity index is 385. The molecule has 2 N–H and O–H groups in total. The Labute approximate surface area is 112 Å². The number of benzene rings is 1. The van der Waals surface area contributed by atoms with E-state index in [1.165, 1.54) is 48.8 Å². The Morgan fingerprint density at radius 3 is 2.39 bits per heavy atom. The van der Waals surface area contributed by atoms with E-state index in [2.05, 4.69) is 32.9 Å². The van der Waals surface area contributed by atoms with Gasteiger partial charge in [-0.25, -0.2) is 0 Å². The van der Waals surface area contributed by atoms with Crippen LogP contribution in [0, 0.1) is 19.8 Å². The van der Waals surface area contributed by atoms with Gasteiger partial charge in [0.25, 0.3) is 0 Å². The molecule has 1 aromatic rings. The van der Waals surface area contributed by atoms with Crippen molar-refractivity contribution in [3.63, 3.8) is 0 Å². The predicted molar refractivity (Wildman–Crippen MR) is 78.9 cm³/mol. The molecule has 0 bridgehead atoms. The molecule has 0 spiro atoms. The second-order valence-electron chi connectivity index (χ2n) is 6.06. The van der Waals surface area contributed by atoms with Crippen molar-refractivity contribution in [2.45, 2.75) is 65.3 Å². The number of hydrogen-bond acceptors (Lipinski definition) is 1. The van der Waals surface area contributed by atoms with E-state index >= 15 is 0 Å². The smallest absolute Gasteiger partial charge is 0.00415 e. The lowest BCUT2D eigenvalue weighted by molar-refractivity contribution is 0.320. The Morgan fingerprint density at radius 1 is 1.17 bits per heavy atom. The molecule has 18 heavy (non-hydrogen) atoms. The van der Waals surface area contributed by atoms with E-state index < -0.39 is 0 Å². The molecule has 0 heterocycles. The van der Waals surface area contributed by atoms with Gasteiger partial charge in [-0.05, 0) is 67.7 Å². The average molecular weight is 245 g/mol. The molecule has 1 heteroatoms. The SMILES string of the molecule is CCc1cc(C)c(CC2CCCC(N)C2)c(C)c1. The third-order valence-corrected chi connectivity index (χ3v) is 4.48. The molecule has 100 valence electrons. The lowest BCUT2D eigenvalue weighted by Crippen LogP contribution is -2.28. The van der Waals surface area contributed by atoms with E-state index in [1.807, 2.05) is 0 Å². The van der Waals surface area contributed by atoms with Crippen LogP contribution in [0.1, 0.15) is 54.9 Å². The van der Waals surface area contributed by atoms with Crippen molar-refractivity contribution in [2.24, 2.45) is 11.7 Å². The van der Waals surface area contributed by atoms with Gasteiger partial charge in [-0.3, -0.25) is 0 Å². The van der Waals surface area contributed by atoms with Crippen LogP contribution < -0.4 is 5.73 Å². The van der Waals surface area contributed by atoms with Gasteiger partial charge in [0.1, 0.15) is 0 Å². The minimum absolute atomic E-state index is 0.444. The van der Waals surface area contributed by atoms with Crippen LogP contribution in [-0.4, -0.2) is 6.04 Å². The van der Waals surface area contributed by atoms with Gasteiger partial charge in [0.15, 0.2) is 0 Å². The molecular weight excluding hydrogens is 218 g/mol. The zero-order chi connectivity index (χ0) is 13.1. The van der Waals surface area contributed by atoms with Gasteiger partial charge in [-0.1, -0.05) is 31.9 Å². The summed E-state index contributed by atoms with van der Waals surface area (Å²) in [5.74, 6) is 0.804. The topological polar surface area (TPSA) is 26.0 Å². The summed E-state index contributed by atoms with van der Waals surface area (Å²) in [5, 5.41) is 0. The van der Waals surface area contributed by atoms with Gasteiger partial charge in [0.2, 0.25) is 0 Å². The van der Waals surface area contributed by atoms with Crippen LogP contribution in [-0.2, 0) is 12.8 Å². The van der Waals surface area contributed by atoms with Crippen molar-refractivity contribution < 1.29 is 0 Å². The first kappa shape index (κ1) is 13.6. The van der Waals surface area contributed by atoms with Crippen molar-refractivity contribution in [3.05, 3.63) is 34.4 Å². The summed E-state index contributed by atoms with van der Waals surface area (Å²) in [6.07, 6.45) is 7.49. The summed E-state index contributed by atoms with van der Waals surface area (Å²) in [6.45, 7) is 6.77. The van der Waals surface area contributed by atoms with Crippen molar-refractivity contribution in [2.75, 3.05) is 0 Å². The normalized spacial score (nSPS) is 24.2. The molecule has 1 fully saturated rings. The monoisotopic (exact) mass is 245 g/mol. The van der Waals surface area contributed by atoms with Gasteiger partial charge in [0, 0.05) is 6.04 Å². The van der Waals surface area contributed by atoms with Gasteiger partial charge in [0.05, 0.1) is 0 Å². The summed E-state index contributed by atoms with van der Waals surface area (Å²) in [7, 11) is 0. The zero-order valence-corrected chi connectivity index (χ0v) is 12.1. The van der Waals surface area contributed by atoms with Crippen LogP contribution in [0.4, 0.5) is 0 Å². The first-order valence-corrected chi connectivity index (χ1v) is 7.44. The molecular formula is C17H27N. The van der Waals surface area contributed by atoms with E-state index in [1.54, 1.807) is 5.56 Å². The fraction of sp³-hybridized carbons (Fsp3) is 0.647. The summed E-state index contributed by atoms with van der Waals surface area (Å²) in [6, 6.07) is 5.18. The highest BCUT2D eigenvalue weighted by molar-refractivity contribution is 5.38. The van der Waals surface area contributed by atoms with E-state index in [4.69, 9.17) is 5.73 Å². The largest absolute Gasteiger partial charge is 0.328 e. The molecule has 1 aromatic carbocycles. The van der Waals surface area contributed by atoms with E-state index in [-0.39, 0.29) is 0 Å². The second kappa shape index (κ2) is 5.88. The van der Waals surface area contributed by atoms with Gasteiger partial charge >= 0.3 is 0 Å². The number of nitrogens with two attached hydrogens (primary N) is 1. The van der Waals surface area contributed by atoms with Gasteiger partial charge in [-0.2, -0.15) is 0 Å². The lowest BCUT2D eigenvalue weighted by Gasteiger charge is -2.27. The van der Waals surface area contributed by atoms with Crippen LogP contribution in [0.3, 0.4) is 0 Å². The van der Waals surface area contributed by atoms with Crippen LogP contribution in [0.5, 0.6) is 0 Å². The number of rotatable bonds is 3. The van der Waals surface area contributed by atoms with Crippen molar-refractivity contribution in [1.82, 2.24) is 0 Å². The Kier molecular flexibility index (Phi) is 4.45. The Balaban J connectivity index is 2.13. The second-order valence-corrected chi connectivity index (χ2v) is 6.06. The first-order chi connectivity index (χ1) is 8.60. The van der Waals surface area contributed by atoms with E-state index in [0.717, 1.165) is 12.3 Å². The van der Waals surface area contributed by atoms with Crippen LogP contribution in [0.2, 0.25) is 0 Å². The van der Waals surface area contributed by atoms with Crippen LogP contribution in [0.15, 0.2) is 12.1 Å². The average Bonchev–Trinajstić information content (AvgIpc) is 2.33. The van der Waals surface area contributed by atoms with E-state index in [9.17, 15) is 0 Å². The molecule has 2 atom stereocenters. The fourth-order valence-electron chi connectivity index (χ4n) is 3.42. The highest BCUT2D eigenvalue weighted by Gasteiger charge is 2.20. The first-order valence-electron chi connectivity index (χ1n) is 7.44. The minimum atomic E-state index is 0.444. The highest BCUT2D eigenvalue weighted by atomic mass is 14.6. The highest BCUT2D eigenvalue weighted by Crippen LogP contribution is 2.29. The van der Waals surface area contributed by atoms with E-state index in [0.29, 0.717) is 6.04 Å². The molecule has 1 aliphatic carbocycles. The molecule has 1 aliphatic rings. The molecule has 0 saturated heterocycles. The lowest BCUT2D eigenvalue weighted by atomic mass is 9.80. The quantitative estimate of drug-likeness (QED) is 0.858. The predicted octanol–water partition coefficient (Wildman–Crippen LogP) is 3.93.